The predicted molar refractivity (Wildman–Crippen MR) is 188 cm³/mol. The van der Waals surface area contributed by atoms with Crippen molar-refractivity contribution in [3.8, 4) is 0 Å². The van der Waals surface area contributed by atoms with E-state index in [2.05, 4.69) is 60.9 Å². The summed E-state index contributed by atoms with van der Waals surface area (Å²) in [6, 6.07) is 30.9. The lowest BCUT2D eigenvalue weighted by molar-refractivity contribution is -0.142. The maximum absolute atomic E-state index is 13.8. The summed E-state index contributed by atoms with van der Waals surface area (Å²) < 4.78 is 0. The summed E-state index contributed by atoms with van der Waals surface area (Å²) in [6.45, 7) is 5.12. The molecule has 0 heterocycles. The molecule has 2 atom stereocenters. The van der Waals surface area contributed by atoms with Gasteiger partial charge in [-0.1, -0.05) is 105 Å². The Hall–Kier alpha value is -4.14. The second-order valence-corrected chi connectivity index (χ2v) is 13.2. The van der Waals surface area contributed by atoms with Gasteiger partial charge in [0.1, 0.15) is 6.04 Å². The number of carboxylic acid groups (broad SMARTS) is 1. The van der Waals surface area contributed by atoms with Gasteiger partial charge in [-0.15, -0.1) is 0 Å². The number of thioether (sulfide) groups is 1. The molecule has 3 N–H and O–H groups in total. The number of carbonyl (C=O) groups is 3. The molecule has 0 aliphatic rings. The highest BCUT2D eigenvalue weighted by Crippen LogP contribution is 2.21. The maximum atomic E-state index is 13.8. The summed E-state index contributed by atoms with van der Waals surface area (Å²) in [5.74, 6) is -0.611. The number of hydrogen-bond acceptors (Lipinski definition) is 5. The second kappa shape index (κ2) is 17.5. The van der Waals surface area contributed by atoms with Gasteiger partial charge in [0.05, 0.1) is 6.54 Å². The van der Waals surface area contributed by atoms with Gasteiger partial charge >= 0.3 is 5.97 Å². The Morgan fingerprint density at radius 1 is 0.826 bits per heavy atom. The van der Waals surface area contributed by atoms with Crippen molar-refractivity contribution in [2.24, 2.45) is 5.92 Å². The zero-order chi connectivity index (χ0) is 32.9. The number of carbonyl (C=O) groups excluding carboxylic acids is 2. The van der Waals surface area contributed by atoms with Crippen LogP contribution in [0, 0.1) is 5.92 Å². The molecule has 4 aromatic rings. The first-order chi connectivity index (χ1) is 22.2. The molecule has 0 spiro atoms. The fourth-order valence-electron chi connectivity index (χ4n) is 5.83. The number of hydrogen-bond donors (Lipinski definition) is 3. The smallest absolute Gasteiger partial charge is 0.326 e. The lowest BCUT2D eigenvalue weighted by Crippen LogP contribution is -2.49. The molecule has 0 saturated carbocycles. The van der Waals surface area contributed by atoms with E-state index in [-0.39, 0.29) is 24.4 Å². The Morgan fingerprint density at radius 3 is 2.24 bits per heavy atom. The van der Waals surface area contributed by atoms with Crippen LogP contribution in [0.2, 0.25) is 0 Å². The number of amides is 2. The van der Waals surface area contributed by atoms with Crippen LogP contribution in [0.1, 0.15) is 53.7 Å². The minimum atomic E-state index is -1.04. The van der Waals surface area contributed by atoms with E-state index < -0.39 is 12.0 Å². The second-order valence-electron chi connectivity index (χ2n) is 12.2. The van der Waals surface area contributed by atoms with Gasteiger partial charge in [0, 0.05) is 24.7 Å². The molecule has 46 heavy (non-hydrogen) atoms. The van der Waals surface area contributed by atoms with Crippen molar-refractivity contribution in [1.82, 2.24) is 15.5 Å². The van der Waals surface area contributed by atoms with Crippen LogP contribution in [0.3, 0.4) is 0 Å². The van der Waals surface area contributed by atoms with Crippen LogP contribution in [0.25, 0.3) is 10.8 Å². The van der Waals surface area contributed by atoms with Gasteiger partial charge in [-0.2, -0.15) is 11.8 Å². The van der Waals surface area contributed by atoms with Crippen LogP contribution in [0.15, 0.2) is 97.1 Å². The minimum absolute atomic E-state index is 0.00132. The molecule has 0 saturated heterocycles. The Labute approximate surface area is 276 Å². The van der Waals surface area contributed by atoms with Crippen molar-refractivity contribution in [1.29, 1.82) is 0 Å². The third-order valence-electron chi connectivity index (χ3n) is 7.95. The summed E-state index contributed by atoms with van der Waals surface area (Å²) in [6.07, 6.45) is 3.62. The molecule has 0 aliphatic heterocycles. The van der Waals surface area contributed by atoms with Crippen LogP contribution in [0.4, 0.5) is 0 Å². The Balaban J connectivity index is 1.58. The van der Waals surface area contributed by atoms with Crippen molar-refractivity contribution >= 4 is 40.3 Å². The van der Waals surface area contributed by atoms with E-state index in [1.165, 1.54) is 0 Å². The van der Waals surface area contributed by atoms with E-state index in [1.54, 1.807) is 11.8 Å². The normalized spacial score (nSPS) is 12.6. The van der Waals surface area contributed by atoms with E-state index in [1.807, 2.05) is 71.8 Å². The summed E-state index contributed by atoms with van der Waals surface area (Å²) in [5.41, 5.74) is 3.78. The fraction of sp³-hybridized carbons (Fsp3) is 0.342. The van der Waals surface area contributed by atoms with Crippen molar-refractivity contribution in [2.45, 2.75) is 51.7 Å². The quantitative estimate of drug-likeness (QED) is 0.124. The average Bonchev–Trinajstić information content (AvgIpc) is 3.03. The highest BCUT2D eigenvalue weighted by molar-refractivity contribution is 7.98. The standard InChI is InChI=1S/C38H45N3O4S/c1-27(2)22-32(39-37(43)34-19-10-8-15-30(34)23-28-12-5-4-6-13-28)25-41(26-36(42)40-35(38(44)45)20-21-46-3)24-31-17-11-16-29-14-7-9-18-33(29)31/h4-19,27,32,35H,20-26H2,1-3H3,(H,39,43)(H,40,42)(H,44,45)/t32-,35-/m0/s1. The summed E-state index contributed by atoms with van der Waals surface area (Å²) in [5, 5.41) is 18.0. The predicted octanol–water partition coefficient (Wildman–Crippen LogP) is 6.40. The largest absolute Gasteiger partial charge is 0.480 e. The number of nitrogens with zero attached hydrogens (tertiary/aromatic N) is 1. The highest BCUT2D eigenvalue weighted by atomic mass is 32.2. The minimum Gasteiger partial charge on any atom is -0.480 e. The average molecular weight is 640 g/mol. The molecule has 0 bridgehead atoms. The van der Waals surface area contributed by atoms with Crippen LogP contribution in [-0.4, -0.2) is 65.0 Å². The molecule has 0 aliphatic carbocycles. The Bertz CT molecular complexity index is 1590. The topological polar surface area (TPSA) is 98.7 Å². The Morgan fingerprint density at radius 2 is 1.50 bits per heavy atom. The number of aliphatic carboxylic acids is 1. The molecular weight excluding hydrogens is 595 g/mol. The van der Waals surface area contributed by atoms with Gasteiger partial charge in [-0.25, -0.2) is 4.79 Å². The molecule has 2 amide bonds. The lowest BCUT2D eigenvalue weighted by atomic mass is 9.98. The van der Waals surface area contributed by atoms with E-state index in [9.17, 15) is 19.5 Å². The number of benzene rings is 4. The third-order valence-corrected chi connectivity index (χ3v) is 8.60. The van der Waals surface area contributed by atoms with E-state index >= 15 is 0 Å². The number of rotatable bonds is 17. The first-order valence-corrected chi connectivity index (χ1v) is 17.3. The summed E-state index contributed by atoms with van der Waals surface area (Å²) >= 11 is 1.55. The monoisotopic (exact) mass is 639 g/mol. The van der Waals surface area contributed by atoms with Gasteiger partial charge < -0.3 is 15.7 Å². The summed E-state index contributed by atoms with van der Waals surface area (Å²) in [7, 11) is 0. The van der Waals surface area contributed by atoms with Crippen molar-refractivity contribution in [3.63, 3.8) is 0 Å². The third kappa shape index (κ3) is 10.5. The molecule has 0 fully saturated rings. The van der Waals surface area contributed by atoms with Gasteiger partial charge in [-0.05, 0) is 70.7 Å². The Kier molecular flexibility index (Phi) is 13.2. The number of nitrogens with one attached hydrogen (secondary N) is 2. The van der Waals surface area contributed by atoms with Gasteiger partial charge in [0.15, 0.2) is 0 Å². The summed E-state index contributed by atoms with van der Waals surface area (Å²) in [4.78, 5) is 41.1. The van der Waals surface area contributed by atoms with Crippen LogP contribution >= 0.6 is 11.8 Å². The maximum Gasteiger partial charge on any atom is 0.326 e. The molecular formula is C38H45N3O4S. The lowest BCUT2D eigenvalue weighted by Gasteiger charge is -2.30. The van der Waals surface area contributed by atoms with Crippen LogP contribution in [-0.2, 0) is 22.6 Å². The molecule has 4 rings (SSSR count). The van der Waals surface area contributed by atoms with Gasteiger partial charge in [-0.3, -0.25) is 14.5 Å². The SMILES string of the molecule is CSCC[C@H](NC(=O)CN(Cc1cccc2ccccc12)C[C@H](CC(C)C)NC(=O)c1ccccc1Cc1ccccc1)C(=O)O. The van der Waals surface area contributed by atoms with Crippen LogP contribution < -0.4 is 10.6 Å². The van der Waals surface area contributed by atoms with E-state index in [0.717, 1.165) is 27.5 Å². The zero-order valence-corrected chi connectivity index (χ0v) is 27.8. The van der Waals surface area contributed by atoms with Gasteiger partial charge in [0.2, 0.25) is 5.91 Å². The molecule has 0 radical (unpaired) electrons. The molecule has 7 nitrogen and oxygen atoms in total. The number of carboxylic acids is 1. The van der Waals surface area contributed by atoms with Crippen molar-refractivity contribution in [3.05, 3.63) is 119 Å². The first-order valence-electron chi connectivity index (χ1n) is 15.9. The highest BCUT2D eigenvalue weighted by Gasteiger charge is 2.25. The number of fused-ring (bicyclic) bond motifs is 1. The fourth-order valence-corrected chi connectivity index (χ4v) is 6.30. The van der Waals surface area contributed by atoms with Crippen molar-refractivity contribution < 1.29 is 19.5 Å². The van der Waals surface area contributed by atoms with Crippen LogP contribution in [0.5, 0.6) is 0 Å². The molecule has 4 aromatic carbocycles. The van der Waals surface area contributed by atoms with Crippen molar-refractivity contribution in [2.75, 3.05) is 25.1 Å². The zero-order valence-electron chi connectivity index (χ0n) is 26.9. The van der Waals surface area contributed by atoms with Gasteiger partial charge in [0.25, 0.3) is 5.91 Å². The molecule has 242 valence electrons. The molecule has 8 heteroatoms. The molecule has 0 unspecified atom stereocenters. The van der Waals surface area contributed by atoms with E-state index in [4.69, 9.17) is 0 Å². The van der Waals surface area contributed by atoms with E-state index in [0.29, 0.717) is 49.6 Å². The molecule has 0 aromatic heterocycles. The first kappa shape index (κ1) is 34.7.